The van der Waals surface area contributed by atoms with Gasteiger partial charge in [-0.15, -0.1) is 0 Å². The number of aromatic nitrogens is 1. The Morgan fingerprint density at radius 3 is 2.42 bits per heavy atom. The summed E-state index contributed by atoms with van der Waals surface area (Å²) in [6, 6.07) is 3.92. The Morgan fingerprint density at radius 2 is 1.77 bits per heavy atom. The second-order valence-corrected chi connectivity index (χ2v) is 7.18. The lowest BCUT2D eigenvalue weighted by atomic mass is 9.95. The fourth-order valence-corrected chi connectivity index (χ4v) is 3.77. The van der Waals surface area contributed by atoms with Crippen molar-refractivity contribution in [3.8, 4) is 0 Å². The molecule has 26 heavy (non-hydrogen) atoms. The molecule has 0 spiro atoms. The van der Waals surface area contributed by atoms with E-state index >= 15 is 0 Å². The summed E-state index contributed by atoms with van der Waals surface area (Å²) >= 11 is 0. The van der Waals surface area contributed by atoms with Crippen molar-refractivity contribution in [2.45, 2.75) is 37.3 Å². The summed E-state index contributed by atoms with van der Waals surface area (Å²) in [6.07, 6.45) is -5.84. The molecule has 3 rings (SSSR count). The molecule has 1 unspecified atom stereocenters. The first-order valence-corrected chi connectivity index (χ1v) is 8.80. The number of pyridine rings is 1. The molecule has 6 nitrogen and oxygen atoms in total. The molecule has 2 fully saturated rings. The van der Waals surface area contributed by atoms with Crippen molar-refractivity contribution in [1.82, 2.24) is 9.88 Å². The van der Waals surface area contributed by atoms with Gasteiger partial charge in [0.1, 0.15) is 17.6 Å². The maximum absolute atomic E-state index is 12.9. The van der Waals surface area contributed by atoms with Crippen LogP contribution in [0, 0.1) is 5.92 Å². The van der Waals surface area contributed by atoms with Crippen LogP contribution in [0.4, 0.5) is 19.0 Å². The molecule has 3 heterocycles. The Balaban J connectivity index is 1.63. The third kappa shape index (κ3) is 4.46. The molecule has 0 bridgehead atoms. The smallest absolute Gasteiger partial charge is 0.389 e. The van der Waals surface area contributed by atoms with Gasteiger partial charge in [0, 0.05) is 32.7 Å². The molecule has 1 aromatic rings. The van der Waals surface area contributed by atoms with Gasteiger partial charge in [0.05, 0.1) is 12.2 Å². The predicted molar refractivity (Wildman–Crippen MR) is 88.6 cm³/mol. The van der Waals surface area contributed by atoms with Crippen molar-refractivity contribution in [1.29, 1.82) is 0 Å². The number of aliphatic hydroxyl groups is 3. The van der Waals surface area contributed by atoms with Crippen LogP contribution in [0.1, 0.15) is 18.5 Å². The molecule has 2 aliphatic rings. The number of likely N-dealkylation sites (tertiary alicyclic amines) is 1. The van der Waals surface area contributed by atoms with Gasteiger partial charge in [0.15, 0.2) is 0 Å². The number of anilines is 1. The average Bonchev–Trinajstić information content (AvgIpc) is 2.59. The van der Waals surface area contributed by atoms with E-state index in [4.69, 9.17) is 0 Å². The van der Waals surface area contributed by atoms with Crippen molar-refractivity contribution in [2.75, 3.05) is 37.6 Å². The molecule has 1 aromatic heterocycles. The van der Waals surface area contributed by atoms with E-state index in [1.54, 1.807) is 6.07 Å². The Kier molecular flexibility index (Phi) is 5.71. The lowest BCUT2D eigenvalue weighted by Gasteiger charge is -2.41. The van der Waals surface area contributed by atoms with Crippen LogP contribution in [0.25, 0.3) is 0 Å². The third-order valence-corrected chi connectivity index (χ3v) is 5.06. The van der Waals surface area contributed by atoms with Crippen LogP contribution in [-0.4, -0.2) is 76.2 Å². The van der Waals surface area contributed by atoms with Crippen molar-refractivity contribution in [3.05, 3.63) is 23.9 Å². The van der Waals surface area contributed by atoms with Crippen molar-refractivity contribution >= 4 is 5.82 Å². The summed E-state index contributed by atoms with van der Waals surface area (Å²) in [5, 5.41) is 29.2. The number of halogens is 3. The molecule has 3 N–H and O–H groups in total. The third-order valence-electron chi connectivity index (χ3n) is 5.06. The molecule has 9 heteroatoms. The van der Waals surface area contributed by atoms with Crippen LogP contribution in [0.15, 0.2) is 18.2 Å². The van der Waals surface area contributed by atoms with Gasteiger partial charge < -0.3 is 20.2 Å². The van der Waals surface area contributed by atoms with E-state index in [-0.39, 0.29) is 19.0 Å². The van der Waals surface area contributed by atoms with Crippen LogP contribution in [0.3, 0.4) is 0 Å². The highest BCUT2D eigenvalue weighted by atomic mass is 19.4. The number of alkyl halides is 3. The van der Waals surface area contributed by atoms with Crippen LogP contribution in [-0.2, 0) is 6.18 Å². The first-order chi connectivity index (χ1) is 12.2. The molecule has 0 amide bonds. The van der Waals surface area contributed by atoms with E-state index in [9.17, 15) is 28.5 Å². The standard InChI is InChI=1S/C17H24F3N3O3/c18-17(19,20)14-4-1-5-15(21-14)23-6-2-3-11(8-23)7-22-9-12(24)16(26)13(25)10-22/h1,4-5,11-13,16,24-26H,2-3,6-10H2/t11-,12-,13+,16?/m0/s1. The normalized spacial score (nSPS) is 31.2. The highest BCUT2D eigenvalue weighted by Crippen LogP contribution is 2.30. The molecule has 4 atom stereocenters. The quantitative estimate of drug-likeness (QED) is 0.722. The minimum absolute atomic E-state index is 0.190. The summed E-state index contributed by atoms with van der Waals surface area (Å²) in [7, 11) is 0. The zero-order valence-corrected chi connectivity index (χ0v) is 14.3. The van der Waals surface area contributed by atoms with Crippen molar-refractivity contribution < 1.29 is 28.5 Å². The van der Waals surface area contributed by atoms with E-state index in [0.717, 1.165) is 18.9 Å². The van der Waals surface area contributed by atoms with E-state index in [2.05, 4.69) is 4.98 Å². The van der Waals surface area contributed by atoms with Gasteiger partial charge in [0.2, 0.25) is 0 Å². The van der Waals surface area contributed by atoms with Gasteiger partial charge in [0.25, 0.3) is 0 Å². The van der Waals surface area contributed by atoms with Gasteiger partial charge in [-0.2, -0.15) is 13.2 Å². The lowest BCUT2D eigenvalue weighted by Crippen LogP contribution is -2.56. The van der Waals surface area contributed by atoms with Crippen molar-refractivity contribution in [3.63, 3.8) is 0 Å². The minimum atomic E-state index is -4.47. The monoisotopic (exact) mass is 375 g/mol. The van der Waals surface area contributed by atoms with Gasteiger partial charge >= 0.3 is 6.18 Å². The maximum Gasteiger partial charge on any atom is 0.433 e. The Bertz CT molecular complexity index is 604. The Labute approximate surface area is 149 Å². The molecule has 0 aliphatic carbocycles. The predicted octanol–water partition coefficient (Wildman–Crippen LogP) is 0.715. The molecular weight excluding hydrogens is 351 g/mol. The molecule has 0 radical (unpaired) electrons. The fourth-order valence-electron chi connectivity index (χ4n) is 3.77. The zero-order valence-electron chi connectivity index (χ0n) is 14.3. The van der Waals surface area contributed by atoms with Crippen LogP contribution < -0.4 is 4.90 Å². The van der Waals surface area contributed by atoms with Gasteiger partial charge in [-0.3, -0.25) is 4.90 Å². The number of hydrogen-bond donors (Lipinski definition) is 3. The Morgan fingerprint density at radius 1 is 1.08 bits per heavy atom. The largest absolute Gasteiger partial charge is 0.433 e. The van der Waals surface area contributed by atoms with Gasteiger partial charge in [-0.1, -0.05) is 6.07 Å². The number of hydrogen-bond acceptors (Lipinski definition) is 6. The highest BCUT2D eigenvalue weighted by molar-refractivity contribution is 5.40. The molecule has 0 aromatic carbocycles. The van der Waals surface area contributed by atoms with Crippen LogP contribution in [0.2, 0.25) is 0 Å². The average molecular weight is 375 g/mol. The highest BCUT2D eigenvalue weighted by Gasteiger charge is 2.35. The number of nitrogens with zero attached hydrogens (tertiary/aromatic N) is 3. The summed E-state index contributed by atoms with van der Waals surface area (Å²) in [6.45, 7) is 2.37. The number of rotatable bonds is 3. The molecular formula is C17H24F3N3O3. The lowest BCUT2D eigenvalue weighted by molar-refractivity contribution is -0.141. The number of piperidine rings is 2. The van der Waals surface area contributed by atoms with Crippen molar-refractivity contribution in [2.24, 2.45) is 5.92 Å². The SMILES string of the molecule is OC1[C@H](O)CN(C[C@@H]2CCCN(c3cccc(C(F)(F)F)n3)C2)C[C@@H]1O. The van der Waals surface area contributed by atoms with Gasteiger partial charge in [-0.25, -0.2) is 4.98 Å². The van der Waals surface area contributed by atoms with E-state index in [1.807, 2.05) is 9.80 Å². The van der Waals surface area contributed by atoms with Crippen LogP contribution >= 0.6 is 0 Å². The zero-order chi connectivity index (χ0) is 18.9. The summed E-state index contributed by atoms with van der Waals surface area (Å²) in [5.41, 5.74) is -0.895. The molecule has 0 saturated carbocycles. The minimum Gasteiger partial charge on any atom is -0.389 e. The first-order valence-electron chi connectivity index (χ1n) is 8.80. The molecule has 2 aliphatic heterocycles. The van der Waals surface area contributed by atoms with Gasteiger partial charge in [-0.05, 0) is 30.9 Å². The number of β-amino-alcohol motifs (C(OH)–C–C–N with tert-alkyl or cyclic N) is 2. The fraction of sp³-hybridized carbons (Fsp3) is 0.706. The molecule has 2 saturated heterocycles. The summed E-state index contributed by atoms with van der Waals surface area (Å²) in [5.74, 6) is 0.508. The summed E-state index contributed by atoms with van der Waals surface area (Å²) < 4.78 is 38.6. The van der Waals surface area contributed by atoms with E-state index in [0.29, 0.717) is 25.5 Å². The number of aliphatic hydroxyl groups excluding tert-OH is 3. The van der Waals surface area contributed by atoms with E-state index in [1.165, 1.54) is 6.07 Å². The topological polar surface area (TPSA) is 80.1 Å². The molecule has 146 valence electrons. The second-order valence-electron chi connectivity index (χ2n) is 7.18. The van der Waals surface area contributed by atoms with E-state index < -0.39 is 30.2 Å². The Hall–Kier alpha value is -1.42. The second kappa shape index (κ2) is 7.67. The maximum atomic E-state index is 12.9. The van der Waals surface area contributed by atoms with Crippen LogP contribution in [0.5, 0.6) is 0 Å². The summed E-state index contributed by atoms with van der Waals surface area (Å²) in [4.78, 5) is 7.51. The first kappa shape index (κ1) is 19.3.